The van der Waals surface area contributed by atoms with Crippen molar-refractivity contribution in [3.63, 3.8) is 0 Å². The molecule has 0 aliphatic carbocycles. The van der Waals surface area contributed by atoms with Gasteiger partial charge in [0.15, 0.2) is 6.10 Å². The third kappa shape index (κ3) is 5.22. The Morgan fingerprint density at radius 3 is 1.75 bits per heavy atom. The van der Waals surface area contributed by atoms with Crippen molar-refractivity contribution >= 4 is 0 Å². The number of ether oxygens (including phenoxy) is 1. The van der Waals surface area contributed by atoms with Gasteiger partial charge in [-0.05, 0) is 6.92 Å². The van der Waals surface area contributed by atoms with Crippen molar-refractivity contribution in [2.24, 2.45) is 0 Å². The van der Waals surface area contributed by atoms with Crippen LogP contribution < -0.4 is 0 Å². The summed E-state index contributed by atoms with van der Waals surface area (Å²) in [6.45, 7) is -1.36. The van der Waals surface area contributed by atoms with E-state index < -0.39 is 25.1 Å². The molecule has 0 saturated heterocycles. The van der Waals surface area contributed by atoms with Crippen LogP contribution in [0.1, 0.15) is 6.92 Å². The Hall–Kier alpha value is -0.460. The van der Waals surface area contributed by atoms with Crippen LogP contribution >= 0.6 is 0 Å². The first-order chi connectivity index (χ1) is 5.13. The summed E-state index contributed by atoms with van der Waals surface area (Å²) in [7, 11) is 0. The standard InChI is InChI=1S/C5H6F6O/c1-3(5(9,10)11)12-2-4(6,7)8/h3H,2H2,1H3. The molecular formula is C5H6F6O. The molecule has 0 saturated carbocycles. The van der Waals surface area contributed by atoms with Gasteiger partial charge in [0.25, 0.3) is 0 Å². The van der Waals surface area contributed by atoms with Gasteiger partial charge in [-0.1, -0.05) is 0 Å². The summed E-state index contributed by atoms with van der Waals surface area (Å²) in [6.07, 6.45) is -11.9. The Labute approximate surface area is 64.3 Å². The molecule has 0 aromatic heterocycles. The first-order valence-corrected chi connectivity index (χ1v) is 2.88. The van der Waals surface area contributed by atoms with Crippen LogP contribution in [0.25, 0.3) is 0 Å². The van der Waals surface area contributed by atoms with Crippen LogP contribution in [-0.2, 0) is 4.74 Å². The highest BCUT2D eigenvalue weighted by atomic mass is 19.4. The van der Waals surface area contributed by atoms with Gasteiger partial charge < -0.3 is 4.74 Å². The van der Waals surface area contributed by atoms with Crippen molar-refractivity contribution in [1.29, 1.82) is 0 Å². The molecule has 1 atom stereocenters. The second kappa shape index (κ2) is 3.51. The van der Waals surface area contributed by atoms with Gasteiger partial charge in [-0.25, -0.2) is 0 Å². The highest BCUT2D eigenvalue weighted by Gasteiger charge is 2.39. The fourth-order valence-corrected chi connectivity index (χ4v) is 0.314. The second-order valence-electron chi connectivity index (χ2n) is 2.11. The lowest BCUT2D eigenvalue weighted by atomic mass is 10.4. The largest absolute Gasteiger partial charge is 0.414 e. The maximum atomic E-state index is 11.5. The monoisotopic (exact) mass is 196 g/mol. The van der Waals surface area contributed by atoms with Crippen LogP contribution in [0.2, 0.25) is 0 Å². The summed E-state index contributed by atoms with van der Waals surface area (Å²) in [5.41, 5.74) is 0. The van der Waals surface area contributed by atoms with Crippen LogP contribution in [-0.4, -0.2) is 25.1 Å². The van der Waals surface area contributed by atoms with E-state index >= 15 is 0 Å². The van der Waals surface area contributed by atoms with Crippen LogP contribution in [0.15, 0.2) is 0 Å². The summed E-state index contributed by atoms with van der Waals surface area (Å²) in [5.74, 6) is 0. The van der Waals surface area contributed by atoms with E-state index in [0.29, 0.717) is 6.92 Å². The minimum atomic E-state index is -4.74. The topological polar surface area (TPSA) is 9.23 Å². The Morgan fingerprint density at radius 2 is 1.50 bits per heavy atom. The smallest absolute Gasteiger partial charge is 0.360 e. The average Bonchev–Trinajstić information content (AvgIpc) is 1.78. The van der Waals surface area contributed by atoms with Crippen molar-refractivity contribution in [2.75, 3.05) is 6.61 Å². The zero-order valence-corrected chi connectivity index (χ0v) is 5.96. The van der Waals surface area contributed by atoms with E-state index in [0.717, 1.165) is 0 Å². The maximum Gasteiger partial charge on any atom is 0.414 e. The van der Waals surface area contributed by atoms with Crippen LogP contribution in [0, 0.1) is 0 Å². The van der Waals surface area contributed by atoms with Gasteiger partial charge in [-0.3, -0.25) is 0 Å². The van der Waals surface area contributed by atoms with E-state index in [4.69, 9.17) is 0 Å². The second-order valence-corrected chi connectivity index (χ2v) is 2.11. The lowest BCUT2D eigenvalue weighted by Crippen LogP contribution is -2.32. The molecule has 0 aliphatic heterocycles. The predicted molar refractivity (Wildman–Crippen MR) is 27.5 cm³/mol. The van der Waals surface area contributed by atoms with E-state index in [1.54, 1.807) is 0 Å². The highest BCUT2D eigenvalue weighted by Crippen LogP contribution is 2.24. The zero-order chi connectivity index (χ0) is 9.99. The van der Waals surface area contributed by atoms with Crippen LogP contribution in [0.5, 0.6) is 0 Å². The first-order valence-electron chi connectivity index (χ1n) is 2.88. The van der Waals surface area contributed by atoms with Crippen molar-refractivity contribution in [3.8, 4) is 0 Å². The highest BCUT2D eigenvalue weighted by molar-refractivity contribution is 4.61. The SMILES string of the molecule is CC(OCC(F)(F)F)C(F)(F)F. The minimum absolute atomic E-state index is 0.520. The molecule has 0 radical (unpaired) electrons. The van der Waals surface area contributed by atoms with Gasteiger partial charge in [-0.2, -0.15) is 26.3 Å². The van der Waals surface area contributed by atoms with Gasteiger partial charge in [0, 0.05) is 0 Å². The van der Waals surface area contributed by atoms with E-state index in [-0.39, 0.29) is 0 Å². The van der Waals surface area contributed by atoms with Crippen molar-refractivity contribution in [2.45, 2.75) is 25.4 Å². The van der Waals surface area contributed by atoms with Crippen molar-refractivity contribution in [3.05, 3.63) is 0 Å². The lowest BCUT2D eigenvalue weighted by Gasteiger charge is -2.17. The molecule has 0 amide bonds. The Balaban J connectivity index is 3.80. The van der Waals surface area contributed by atoms with Gasteiger partial charge in [0.1, 0.15) is 6.61 Å². The lowest BCUT2D eigenvalue weighted by molar-refractivity contribution is -0.249. The summed E-state index contributed by atoms with van der Waals surface area (Å²) in [4.78, 5) is 0. The fraction of sp³-hybridized carbons (Fsp3) is 1.00. The molecule has 0 spiro atoms. The number of hydrogen-bond donors (Lipinski definition) is 0. The fourth-order valence-electron chi connectivity index (χ4n) is 0.314. The molecule has 0 fully saturated rings. The maximum absolute atomic E-state index is 11.5. The predicted octanol–water partition coefficient (Wildman–Crippen LogP) is 2.52. The minimum Gasteiger partial charge on any atom is -0.360 e. The molecule has 7 heteroatoms. The van der Waals surface area contributed by atoms with Gasteiger partial charge in [0.05, 0.1) is 0 Å². The van der Waals surface area contributed by atoms with Gasteiger partial charge >= 0.3 is 12.4 Å². The van der Waals surface area contributed by atoms with E-state index in [9.17, 15) is 26.3 Å². The first kappa shape index (κ1) is 11.5. The van der Waals surface area contributed by atoms with Gasteiger partial charge in [0.2, 0.25) is 0 Å². The molecule has 0 heterocycles. The summed E-state index contributed by atoms with van der Waals surface area (Å²) < 4.78 is 72.1. The Kier molecular flexibility index (Phi) is 3.37. The number of hydrogen-bond acceptors (Lipinski definition) is 1. The normalized spacial score (nSPS) is 16.2. The number of rotatable bonds is 2. The summed E-state index contributed by atoms with van der Waals surface area (Å²) >= 11 is 0. The molecule has 0 rings (SSSR count). The molecule has 0 aliphatic rings. The van der Waals surface area contributed by atoms with E-state index in [1.807, 2.05) is 0 Å². The van der Waals surface area contributed by atoms with Crippen molar-refractivity contribution in [1.82, 2.24) is 0 Å². The molecule has 0 aromatic carbocycles. The molecule has 0 bridgehead atoms. The van der Waals surface area contributed by atoms with E-state index in [2.05, 4.69) is 4.74 Å². The Bertz CT molecular complexity index is 136. The third-order valence-corrected chi connectivity index (χ3v) is 0.958. The molecule has 74 valence electrons. The van der Waals surface area contributed by atoms with E-state index in [1.165, 1.54) is 0 Å². The summed E-state index contributed by atoms with van der Waals surface area (Å²) in [6, 6.07) is 0. The number of halogens is 6. The molecule has 0 N–H and O–H groups in total. The third-order valence-electron chi connectivity index (χ3n) is 0.958. The van der Waals surface area contributed by atoms with Gasteiger partial charge in [-0.15, -0.1) is 0 Å². The van der Waals surface area contributed by atoms with Crippen LogP contribution in [0.4, 0.5) is 26.3 Å². The molecule has 12 heavy (non-hydrogen) atoms. The average molecular weight is 196 g/mol. The quantitative estimate of drug-likeness (QED) is 0.616. The van der Waals surface area contributed by atoms with Crippen LogP contribution in [0.3, 0.4) is 0 Å². The molecular weight excluding hydrogens is 190 g/mol. The Morgan fingerprint density at radius 1 is 1.08 bits per heavy atom. The molecule has 1 nitrogen and oxygen atoms in total. The molecule has 1 unspecified atom stereocenters. The van der Waals surface area contributed by atoms with Crippen molar-refractivity contribution < 1.29 is 31.1 Å². The molecule has 0 aromatic rings. The number of alkyl halides is 6. The zero-order valence-electron chi connectivity index (χ0n) is 5.96. The summed E-state index contributed by atoms with van der Waals surface area (Å²) in [5, 5.41) is 0.